The average molecular weight is 368 g/mol. The second-order valence-electron chi connectivity index (χ2n) is 7.84. The predicted molar refractivity (Wildman–Crippen MR) is 103 cm³/mol. The monoisotopic (exact) mass is 368 g/mol. The molecule has 1 aromatic carbocycles. The van der Waals surface area contributed by atoms with Crippen molar-refractivity contribution in [1.29, 1.82) is 0 Å². The average Bonchev–Trinajstić information content (AvgIpc) is 2.66. The molecule has 1 N–H and O–H groups in total. The highest BCUT2D eigenvalue weighted by atomic mass is 16.5. The largest absolute Gasteiger partial charge is 0.508 e. The maximum Gasteiger partial charge on any atom is 0.115 e. The number of aromatic nitrogens is 2. The third-order valence-electron chi connectivity index (χ3n) is 5.63. The third-order valence-corrected chi connectivity index (χ3v) is 5.63. The molecule has 2 fully saturated rings. The second kappa shape index (κ2) is 7.92. The lowest BCUT2D eigenvalue weighted by Crippen LogP contribution is -2.56. The van der Waals surface area contributed by atoms with Crippen molar-refractivity contribution in [2.75, 3.05) is 32.8 Å². The molecular weight excluding hydrogens is 340 g/mol. The molecule has 0 aliphatic carbocycles. The number of morpholine rings is 1. The van der Waals surface area contributed by atoms with Gasteiger partial charge in [-0.25, -0.2) is 0 Å². The minimum atomic E-state index is -0.0360. The molecule has 2 saturated heterocycles. The molecule has 1 aromatic heterocycles. The summed E-state index contributed by atoms with van der Waals surface area (Å²) in [5.41, 5.74) is 3.11. The highest BCUT2D eigenvalue weighted by Gasteiger charge is 2.39. The molecule has 144 valence electrons. The SMILES string of the molecule is Cc1cnc(CN2CCOC3(CCN(Cc4cccc(O)c4)CC3)C2)cn1. The Labute approximate surface area is 160 Å². The second-order valence-corrected chi connectivity index (χ2v) is 7.84. The first-order chi connectivity index (χ1) is 13.1. The van der Waals surface area contributed by atoms with Crippen LogP contribution in [-0.4, -0.2) is 63.3 Å². The normalized spacial score (nSPS) is 20.8. The summed E-state index contributed by atoms with van der Waals surface area (Å²) in [4.78, 5) is 13.8. The van der Waals surface area contributed by atoms with E-state index in [0.29, 0.717) is 5.75 Å². The van der Waals surface area contributed by atoms with Crippen molar-refractivity contribution < 1.29 is 9.84 Å². The van der Waals surface area contributed by atoms with Crippen LogP contribution in [0.1, 0.15) is 29.8 Å². The van der Waals surface area contributed by atoms with Gasteiger partial charge in [0.2, 0.25) is 0 Å². The molecular formula is C21H28N4O2. The van der Waals surface area contributed by atoms with Crippen LogP contribution < -0.4 is 0 Å². The van der Waals surface area contributed by atoms with Gasteiger partial charge in [-0.05, 0) is 37.5 Å². The molecule has 2 aliphatic heterocycles. The molecule has 0 atom stereocenters. The van der Waals surface area contributed by atoms with Crippen molar-refractivity contribution in [2.45, 2.75) is 38.5 Å². The Morgan fingerprint density at radius 2 is 1.93 bits per heavy atom. The predicted octanol–water partition coefficient (Wildman–Crippen LogP) is 2.36. The first-order valence-electron chi connectivity index (χ1n) is 9.74. The zero-order valence-corrected chi connectivity index (χ0v) is 16.0. The number of rotatable bonds is 4. The van der Waals surface area contributed by atoms with Crippen LogP contribution in [0.4, 0.5) is 0 Å². The molecule has 6 nitrogen and oxygen atoms in total. The number of likely N-dealkylation sites (tertiary alicyclic amines) is 1. The number of hydrogen-bond acceptors (Lipinski definition) is 6. The van der Waals surface area contributed by atoms with E-state index in [0.717, 1.165) is 75.7 Å². The van der Waals surface area contributed by atoms with Gasteiger partial charge in [0.05, 0.1) is 23.6 Å². The Hall–Kier alpha value is -2.02. The summed E-state index contributed by atoms with van der Waals surface area (Å²) in [6.07, 6.45) is 5.81. The molecule has 0 bridgehead atoms. The quantitative estimate of drug-likeness (QED) is 0.894. The van der Waals surface area contributed by atoms with Gasteiger partial charge in [0.1, 0.15) is 5.75 Å². The molecule has 27 heavy (non-hydrogen) atoms. The maximum atomic E-state index is 9.65. The Bertz CT molecular complexity index is 757. The highest BCUT2D eigenvalue weighted by Crippen LogP contribution is 2.31. The number of nitrogens with zero attached hydrogens (tertiary/aromatic N) is 4. The summed E-state index contributed by atoms with van der Waals surface area (Å²) in [5.74, 6) is 0.339. The van der Waals surface area contributed by atoms with E-state index >= 15 is 0 Å². The molecule has 4 rings (SSSR count). The topological polar surface area (TPSA) is 61.7 Å². The lowest BCUT2D eigenvalue weighted by atomic mass is 9.89. The van der Waals surface area contributed by atoms with E-state index in [1.165, 1.54) is 0 Å². The van der Waals surface area contributed by atoms with Crippen molar-refractivity contribution in [3.8, 4) is 5.75 Å². The Morgan fingerprint density at radius 3 is 2.67 bits per heavy atom. The number of aryl methyl sites for hydroxylation is 1. The van der Waals surface area contributed by atoms with Crippen LogP contribution in [0.2, 0.25) is 0 Å². The van der Waals surface area contributed by atoms with Gasteiger partial charge in [-0.3, -0.25) is 19.8 Å². The Balaban J connectivity index is 1.32. The first kappa shape index (κ1) is 18.3. The van der Waals surface area contributed by atoms with Crippen LogP contribution in [0.5, 0.6) is 5.75 Å². The van der Waals surface area contributed by atoms with Gasteiger partial charge in [0.15, 0.2) is 0 Å². The van der Waals surface area contributed by atoms with E-state index in [-0.39, 0.29) is 5.60 Å². The minimum Gasteiger partial charge on any atom is -0.508 e. The summed E-state index contributed by atoms with van der Waals surface area (Å²) in [5, 5.41) is 9.65. The lowest BCUT2D eigenvalue weighted by molar-refractivity contribution is -0.138. The first-order valence-corrected chi connectivity index (χ1v) is 9.74. The fourth-order valence-corrected chi connectivity index (χ4v) is 4.12. The number of ether oxygens (including phenoxy) is 1. The molecule has 1 spiro atoms. The van der Waals surface area contributed by atoms with Crippen LogP contribution in [0.3, 0.4) is 0 Å². The molecule has 2 aliphatic rings. The van der Waals surface area contributed by atoms with Gasteiger partial charge in [0, 0.05) is 51.7 Å². The number of piperidine rings is 1. The van der Waals surface area contributed by atoms with Crippen LogP contribution in [-0.2, 0) is 17.8 Å². The van der Waals surface area contributed by atoms with Crippen LogP contribution in [0, 0.1) is 6.92 Å². The summed E-state index contributed by atoms with van der Waals surface area (Å²) in [7, 11) is 0. The number of phenolic OH excluding ortho intramolecular Hbond substituents is 1. The van der Waals surface area contributed by atoms with Gasteiger partial charge >= 0.3 is 0 Å². The molecule has 2 aromatic rings. The summed E-state index contributed by atoms with van der Waals surface area (Å²) >= 11 is 0. The zero-order valence-electron chi connectivity index (χ0n) is 16.0. The summed E-state index contributed by atoms with van der Waals surface area (Å²) < 4.78 is 6.27. The van der Waals surface area contributed by atoms with Gasteiger partial charge in [-0.15, -0.1) is 0 Å². The number of phenols is 1. The molecule has 0 radical (unpaired) electrons. The Morgan fingerprint density at radius 1 is 1.07 bits per heavy atom. The molecule has 0 unspecified atom stereocenters. The Kier molecular flexibility index (Phi) is 5.38. The minimum absolute atomic E-state index is 0.0360. The van der Waals surface area contributed by atoms with Crippen molar-refractivity contribution in [1.82, 2.24) is 19.8 Å². The van der Waals surface area contributed by atoms with E-state index in [1.54, 1.807) is 6.07 Å². The number of aromatic hydroxyl groups is 1. The van der Waals surface area contributed by atoms with Gasteiger partial charge in [-0.2, -0.15) is 0 Å². The van der Waals surface area contributed by atoms with Crippen molar-refractivity contribution in [3.63, 3.8) is 0 Å². The maximum absolute atomic E-state index is 9.65. The van der Waals surface area contributed by atoms with Crippen LogP contribution >= 0.6 is 0 Å². The van der Waals surface area contributed by atoms with Crippen LogP contribution in [0.25, 0.3) is 0 Å². The number of benzene rings is 1. The van der Waals surface area contributed by atoms with E-state index in [4.69, 9.17) is 4.74 Å². The van der Waals surface area contributed by atoms with Gasteiger partial charge in [0.25, 0.3) is 0 Å². The van der Waals surface area contributed by atoms with E-state index in [1.807, 2.05) is 31.5 Å². The van der Waals surface area contributed by atoms with Crippen LogP contribution in [0.15, 0.2) is 36.7 Å². The lowest BCUT2D eigenvalue weighted by Gasteiger charge is -2.47. The smallest absolute Gasteiger partial charge is 0.115 e. The molecule has 6 heteroatoms. The molecule has 0 amide bonds. The van der Waals surface area contributed by atoms with Crippen molar-refractivity contribution in [2.24, 2.45) is 0 Å². The fourth-order valence-electron chi connectivity index (χ4n) is 4.12. The fraction of sp³-hybridized carbons (Fsp3) is 0.524. The summed E-state index contributed by atoms with van der Waals surface area (Å²) in [6.45, 7) is 8.42. The molecule has 3 heterocycles. The molecule has 0 saturated carbocycles. The number of hydrogen-bond donors (Lipinski definition) is 1. The van der Waals surface area contributed by atoms with Crippen molar-refractivity contribution >= 4 is 0 Å². The van der Waals surface area contributed by atoms with E-state index < -0.39 is 0 Å². The van der Waals surface area contributed by atoms with Gasteiger partial charge < -0.3 is 9.84 Å². The van der Waals surface area contributed by atoms with Crippen molar-refractivity contribution in [3.05, 3.63) is 53.6 Å². The van der Waals surface area contributed by atoms with Gasteiger partial charge in [-0.1, -0.05) is 12.1 Å². The van der Waals surface area contributed by atoms with E-state index in [9.17, 15) is 5.11 Å². The zero-order chi connectivity index (χ0) is 18.7. The standard InChI is InChI=1S/C21H28N4O2/c1-17-12-23-19(13-22-17)15-25-9-10-27-21(16-25)5-7-24(8-6-21)14-18-3-2-4-20(26)11-18/h2-4,11-13,26H,5-10,14-16H2,1H3. The summed E-state index contributed by atoms with van der Waals surface area (Å²) in [6, 6.07) is 7.56. The van der Waals surface area contributed by atoms with E-state index in [2.05, 4.69) is 25.8 Å². The highest BCUT2D eigenvalue weighted by molar-refractivity contribution is 5.27. The third kappa shape index (κ3) is 4.64.